The van der Waals surface area contributed by atoms with Crippen molar-refractivity contribution in [1.29, 1.82) is 0 Å². The zero-order chi connectivity index (χ0) is 10.1. The molecule has 1 N–H and O–H groups in total. The van der Waals surface area contributed by atoms with E-state index in [1.807, 2.05) is 12.4 Å². The van der Waals surface area contributed by atoms with Crippen molar-refractivity contribution in [2.75, 3.05) is 13.1 Å². The Kier molecular flexibility index (Phi) is 2.41. The van der Waals surface area contributed by atoms with Crippen LogP contribution in [0.4, 0.5) is 0 Å². The van der Waals surface area contributed by atoms with Crippen molar-refractivity contribution in [3.8, 4) is 0 Å². The van der Waals surface area contributed by atoms with E-state index in [4.69, 9.17) is 0 Å². The molecule has 15 heavy (non-hydrogen) atoms. The van der Waals surface area contributed by atoms with Gasteiger partial charge in [-0.15, -0.1) is 0 Å². The highest BCUT2D eigenvalue weighted by atomic mass is 14.9. The first-order chi connectivity index (χ1) is 7.42. The van der Waals surface area contributed by atoms with Gasteiger partial charge >= 0.3 is 0 Å². The maximum absolute atomic E-state index is 4.46. The third kappa shape index (κ3) is 2.17. The Balaban J connectivity index is 1.64. The molecule has 1 saturated carbocycles. The lowest BCUT2D eigenvalue weighted by molar-refractivity contribution is 0.560. The first-order valence-electron chi connectivity index (χ1n) is 5.93. The summed E-state index contributed by atoms with van der Waals surface area (Å²) in [6, 6.07) is 0. The first kappa shape index (κ1) is 9.28. The topological polar surface area (TPSA) is 37.8 Å². The van der Waals surface area contributed by atoms with Gasteiger partial charge in [0, 0.05) is 18.8 Å². The average Bonchev–Trinajstić information content (AvgIpc) is 2.99. The molecule has 1 aromatic heterocycles. The number of aromatic nitrogens is 2. The van der Waals surface area contributed by atoms with Gasteiger partial charge in [-0.25, -0.2) is 9.97 Å². The molecule has 1 aliphatic carbocycles. The number of nitrogens with one attached hydrogen (secondary N) is 1. The predicted octanol–water partition coefficient (Wildman–Crippen LogP) is 1.51. The Hall–Kier alpha value is -0.960. The van der Waals surface area contributed by atoms with E-state index in [0.29, 0.717) is 0 Å². The molecule has 2 heterocycles. The molecule has 3 heteroatoms. The number of hydrogen-bond donors (Lipinski definition) is 1. The Morgan fingerprint density at radius 3 is 2.60 bits per heavy atom. The summed E-state index contributed by atoms with van der Waals surface area (Å²) in [6.45, 7) is 2.29. The quantitative estimate of drug-likeness (QED) is 0.809. The summed E-state index contributed by atoms with van der Waals surface area (Å²) < 4.78 is 0. The molecule has 80 valence electrons. The molecule has 1 atom stereocenters. The molecular formula is C12H17N3. The molecule has 2 fully saturated rings. The van der Waals surface area contributed by atoms with Gasteiger partial charge in [-0.1, -0.05) is 0 Å². The van der Waals surface area contributed by atoms with Crippen LogP contribution in [0.2, 0.25) is 0 Å². The van der Waals surface area contributed by atoms with Gasteiger partial charge in [0.2, 0.25) is 0 Å². The molecule has 3 nitrogen and oxygen atoms in total. The summed E-state index contributed by atoms with van der Waals surface area (Å²) in [4.78, 5) is 8.93. The fourth-order valence-corrected chi connectivity index (χ4v) is 2.24. The minimum atomic E-state index is 0.747. The van der Waals surface area contributed by atoms with E-state index < -0.39 is 0 Å². The number of nitrogens with zero attached hydrogens (tertiary/aromatic N) is 2. The molecular weight excluding hydrogens is 186 g/mol. The summed E-state index contributed by atoms with van der Waals surface area (Å²) >= 11 is 0. The van der Waals surface area contributed by atoms with Crippen LogP contribution in [-0.4, -0.2) is 23.1 Å². The van der Waals surface area contributed by atoms with E-state index in [0.717, 1.165) is 37.2 Å². The van der Waals surface area contributed by atoms with Crippen molar-refractivity contribution >= 4 is 0 Å². The van der Waals surface area contributed by atoms with Crippen LogP contribution >= 0.6 is 0 Å². The second-order valence-electron chi connectivity index (χ2n) is 4.77. The van der Waals surface area contributed by atoms with Gasteiger partial charge in [0.1, 0.15) is 5.82 Å². The fourth-order valence-electron chi connectivity index (χ4n) is 2.24. The summed E-state index contributed by atoms with van der Waals surface area (Å²) in [7, 11) is 0. The van der Waals surface area contributed by atoms with Gasteiger partial charge in [-0.3, -0.25) is 0 Å². The molecule has 3 rings (SSSR count). The van der Waals surface area contributed by atoms with Gasteiger partial charge in [-0.2, -0.15) is 0 Å². The van der Waals surface area contributed by atoms with E-state index in [2.05, 4.69) is 15.3 Å². The van der Waals surface area contributed by atoms with Gasteiger partial charge in [0.25, 0.3) is 0 Å². The molecule has 0 radical (unpaired) electrons. The van der Waals surface area contributed by atoms with Crippen LogP contribution in [0.15, 0.2) is 12.4 Å². The molecule has 0 spiro atoms. The second kappa shape index (κ2) is 3.89. The predicted molar refractivity (Wildman–Crippen MR) is 58.7 cm³/mol. The van der Waals surface area contributed by atoms with Crippen LogP contribution in [0.1, 0.15) is 36.6 Å². The van der Waals surface area contributed by atoms with Crippen molar-refractivity contribution in [3.05, 3.63) is 23.8 Å². The van der Waals surface area contributed by atoms with Gasteiger partial charge in [0.15, 0.2) is 0 Å². The highest BCUT2D eigenvalue weighted by Crippen LogP contribution is 2.39. The smallest absolute Gasteiger partial charge is 0.128 e. The molecule has 0 bridgehead atoms. The monoisotopic (exact) mass is 203 g/mol. The standard InChI is InChI=1S/C12H17N3/c1-2-10(1)11-7-14-12(15-8-11)5-9-3-4-13-6-9/h7-10,13H,1-6H2. The van der Waals surface area contributed by atoms with Crippen molar-refractivity contribution < 1.29 is 0 Å². The SMILES string of the molecule is c1nc(CC2CCNC2)ncc1C1CC1. The normalized spacial score (nSPS) is 25.7. The van der Waals surface area contributed by atoms with Crippen LogP contribution in [-0.2, 0) is 6.42 Å². The fraction of sp³-hybridized carbons (Fsp3) is 0.667. The lowest BCUT2D eigenvalue weighted by Gasteiger charge is -2.06. The molecule has 0 aromatic carbocycles. The van der Waals surface area contributed by atoms with Gasteiger partial charge < -0.3 is 5.32 Å². The van der Waals surface area contributed by atoms with Crippen LogP contribution in [0.5, 0.6) is 0 Å². The van der Waals surface area contributed by atoms with Gasteiger partial charge in [0.05, 0.1) is 0 Å². The Bertz CT molecular complexity index is 323. The summed E-state index contributed by atoms with van der Waals surface area (Å²) in [6.07, 6.45) is 9.03. The van der Waals surface area contributed by atoms with E-state index in [-0.39, 0.29) is 0 Å². The van der Waals surface area contributed by atoms with E-state index in [9.17, 15) is 0 Å². The number of hydrogen-bond acceptors (Lipinski definition) is 3. The van der Waals surface area contributed by atoms with Crippen molar-refractivity contribution in [3.63, 3.8) is 0 Å². The third-order valence-corrected chi connectivity index (χ3v) is 3.41. The Labute approximate surface area is 90.3 Å². The highest BCUT2D eigenvalue weighted by molar-refractivity contribution is 5.17. The maximum Gasteiger partial charge on any atom is 0.128 e. The molecule has 2 aliphatic rings. The minimum absolute atomic E-state index is 0.747. The lowest BCUT2D eigenvalue weighted by atomic mass is 10.0. The zero-order valence-electron chi connectivity index (χ0n) is 8.95. The number of rotatable bonds is 3. The summed E-state index contributed by atoms with van der Waals surface area (Å²) in [5, 5.41) is 3.38. The molecule has 1 aliphatic heterocycles. The highest BCUT2D eigenvalue weighted by Gasteiger charge is 2.24. The van der Waals surface area contributed by atoms with Crippen molar-refractivity contribution in [2.24, 2.45) is 5.92 Å². The van der Waals surface area contributed by atoms with Crippen molar-refractivity contribution in [2.45, 2.75) is 31.6 Å². The molecule has 1 saturated heterocycles. The summed E-state index contributed by atoms with van der Waals surface area (Å²) in [5.41, 5.74) is 1.34. The van der Waals surface area contributed by atoms with E-state index in [1.165, 1.54) is 24.8 Å². The first-order valence-corrected chi connectivity index (χ1v) is 5.93. The molecule has 0 amide bonds. The Morgan fingerprint density at radius 2 is 2.00 bits per heavy atom. The average molecular weight is 203 g/mol. The van der Waals surface area contributed by atoms with Crippen LogP contribution in [0.3, 0.4) is 0 Å². The molecule has 1 aromatic rings. The van der Waals surface area contributed by atoms with Crippen LogP contribution < -0.4 is 5.32 Å². The van der Waals surface area contributed by atoms with E-state index >= 15 is 0 Å². The van der Waals surface area contributed by atoms with Gasteiger partial charge in [-0.05, 0) is 49.8 Å². The minimum Gasteiger partial charge on any atom is -0.316 e. The van der Waals surface area contributed by atoms with E-state index in [1.54, 1.807) is 0 Å². The Morgan fingerprint density at radius 1 is 1.20 bits per heavy atom. The third-order valence-electron chi connectivity index (χ3n) is 3.41. The zero-order valence-corrected chi connectivity index (χ0v) is 8.95. The lowest BCUT2D eigenvalue weighted by Crippen LogP contribution is -2.12. The van der Waals surface area contributed by atoms with Crippen molar-refractivity contribution in [1.82, 2.24) is 15.3 Å². The van der Waals surface area contributed by atoms with Crippen LogP contribution in [0.25, 0.3) is 0 Å². The second-order valence-corrected chi connectivity index (χ2v) is 4.77. The van der Waals surface area contributed by atoms with Crippen LogP contribution in [0, 0.1) is 5.92 Å². The summed E-state index contributed by atoms with van der Waals surface area (Å²) in [5.74, 6) is 2.54. The largest absolute Gasteiger partial charge is 0.316 e. The maximum atomic E-state index is 4.46. The molecule has 1 unspecified atom stereocenters.